The van der Waals surface area contributed by atoms with Gasteiger partial charge in [0.05, 0.1) is 22.4 Å². The molecule has 1 aromatic heterocycles. The first-order chi connectivity index (χ1) is 14.7. The van der Waals surface area contributed by atoms with Gasteiger partial charge in [0.25, 0.3) is 5.56 Å². The molecule has 0 saturated heterocycles. The molecule has 0 unspecified atom stereocenters. The molecule has 0 aliphatic carbocycles. The zero-order valence-electron chi connectivity index (χ0n) is 17.1. The van der Waals surface area contributed by atoms with E-state index in [1.807, 2.05) is 4.98 Å². The molecule has 0 aliphatic rings. The number of fused-ring (bicyclic) bond motifs is 1. The van der Waals surface area contributed by atoms with Crippen LogP contribution >= 0.6 is 0 Å². The molecule has 1 heterocycles. The molecule has 4 N–H and O–H groups in total. The van der Waals surface area contributed by atoms with Gasteiger partial charge in [-0.2, -0.15) is 13.2 Å². The molecule has 0 bridgehead atoms. The number of nitrogen functional groups attached to an aromatic ring is 1. The van der Waals surface area contributed by atoms with E-state index in [4.69, 9.17) is 10.5 Å². The number of nitrogens with two attached hydrogens (primary N) is 1. The Labute approximate surface area is 178 Å². The number of H-pyrrole nitrogens is 1. The number of benzene rings is 2. The van der Waals surface area contributed by atoms with Crippen LogP contribution in [0.2, 0.25) is 0 Å². The van der Waals surface area contributed by atoms with Gasteiger partial charge in [0.15, 0.2) is 0 Å². The normalized spacial score (nSPS) is 11.5. The van der Waals surface area contributed by atoms with Gasteiger partial charge in [-0.1, -0.05) is 0 Å². The van der Waals surface area contributed by atoms with E-state index in [1.54, 1.807) is 20.8 Å². The van der Waals surface area contributed by atoms with Crippen LogP contribution in [0.3, 0.4) is 0 Å². The first-order valence-corrected chi connectivity index (χ1v) is 8.97. The Kier molecular flexibility index (Phi) is 7.06. The molecule has 0 atom stereocenters. The Bertz CT molecular complexity index is 1190. The monoisotopic (exact) mass is 458 g/mol. The number of ether oxygens (including phenoxy) is 1. The fraction of sp³-hybridized carbons (Fsp3) is 0.250. The second-order valence-electron chi connectivity index (χ2n) is 7.43. The molecule has 3 aromatic rings. The molecule has 12 heteroatoms. The Morgan fingerprint density at radius 3 is 2.25 bits per heavy atom. The number of halogens is 5. The highest BCUT2D eigenvalue weighted by Crippen LogP contribution is 2.25. The van der Waals surface area contributed by atoms with E-state index in [0.29, 0.717) is 0 Å². The van der Waals surface area contributed by atoms with Crippen molar-refractivity contribution in [3.63, 3.8) is 0 Å². The van der Waals surface area contributed by atoms with E-state index in [2.05, 4.69) is 10.3 Å². The molecule has 0 aliphatic heterocycles. The van der Waals surface area contributed by atoms with Crippen LogP contribution in [-0.4, -0.2) is 21.7 Å². The quantitative estimate of drug-likeness (QED) is 0.357. The number of alkyl halides is 3. The molecule has 32 heavy (non-hydrogen) atoms. The van der Waals surface area contributed by atoms with E-state index < -0.39 is 40.8 Å². The van der Waals surface area contributed by atoms with Crippen molar-refractivity contribution in [1.29, 1.82) is 0 Å². The van der Waals surface area contributed by atoms with Crippen molar-refractivity contribution in [3.8, 4) is 0 Å². The Morgan fingerprint density at radius 1 is 1.06 bits per heavy atom. The van der Waals surface area contributed by atoms with Crippen LogP contribution in [-0.2, 0) is 10.9 Å². The van der Waals surface area contributed by atoms with Crippen LogP contribution < -0.4 is 16.6 Å². The third-order valence-corrected chi connectivity index (χ3v) is 3.57. The molecule has 3 rings (SSSR count). The summed E-state index contributed by atoms with van der Waals surface area (Å²) in [6.45, 7) is 5.21. The van der Waals surface area contributed by atoms with Crippen molar-refractivity contribution in [1.82, 2.24) is 9.97 Å². The van der Waals surface area contributed by atoms with Crippen LogP contribution in [0, 0.1) is 11.6 Å². The van der Waals surface area contributed by atoms with Gasteiger partial charge < -0.3 is 15.5 Å². The minimum Gasteiger partial charge on any atom is -0.444 e. The maximum absolute atomic E-state index is 12.9. The summed E-state index contributed by atoms with van der Waals surface area (Å²) in [6, 6.07) is 6.67. The van der Waals surface area contributed by atoms with Crippen LogP contribution in [0.25, 0.3) is 11.0 Å². The van der Waals surface area contributed by atoms with Crippen LogP contribution in [0.5, 0.6) is 0 Å². The minimum atomic E-state index is -4.82. The van der Waals surface area contributed by atoms with Gasteiger partial charge in [-0.25, -0.2) is 18.6 Å². The van der Waals surface area contributed by atoms with E-state index in [0.717, 1.165) is 24.3 Å². The summed E-state index contributed by atoms with van der Waals surface area (Å²) < 4.78 is 67.5. The Balaban J connectivity index is 0.000000227. The largest absolute Gasteiger partial charge is 0.444 e. The summed E-state index contributed by atoms with van der Waals surface area (Å²) in [4.78, 5) is 27.5. The Morgan fingerprint density at radius 2 is 1.66 bits per heavy atom. The second kappa shape index (κ2) is 9.20. The standard InChI is InChI=1S/C11H15FN2O2.C9H4F4N2O/c1-11(2,3)16-10(15)14-9-6-7(12)4-5-8(9)13;10-4-1-2-5-6(3-4)15-8(16)7(14-5)9(11,12)13/h4-6H,13H2,1-3H3,(H,14,15);1-3H,(H,15,16). The highest BCUT2D eigenvalue weighted by Gasteiger charge is 2.36. The number of nitrogens with one attached hydrogen (secondary N) is 2. The predicted molar refractivity (Wildman–Crippen MR) is 108 cm³/mol. The van der Waals surface area contributed by atoms with Crippen molar-refractivity contribution in [3.05, 3.63) is 64.1 Å². The topological polar surface area (TPSA) is 110 Å². The molecule has 2 aromatic carbocycles. The number of nitrogens with zero attached hydrogens (tertiary/aromatic N) is 1. The van der Waals surface area contributed by atoms with Gasteiger partial charge in [-0.3, -0.25) is 10.1 Å². The average Bonchev–Trinajstić information content (AvgIpc) is 2.62. The number of carbonyl (C=O) groups excluding carboxylic acids is 1. The van der Waals surface area contributed by atoms with E-state index in [9.17, 15) is 31.5 Å². The molecule has 1 amide bonds. The van der Waals surface area contributed by atoms with Crippen LogP contribution in [0.4, 0.5) is 38.1 Å². The molecule has 172 valence electrons. The number of aromatic amines is 1. The van der Waals surface area contributed by atoms with Crippen molar-refractivity contribution in [2.24, 2.45) is 0 Å². The minimum absolute atomic E-state index is 0.0713. The maximum atomic E-state index is 12.9. The fourth-order valence-electron chi connectivity index (χ4n) is 2.30. The predicted octanol–water partition coefficient (Wildman–Crippen LogP) is 4.84. The zero-order valence-corrected chi connectivity index (χ0v) is 17.1. The van der Waals surface area contributed by atoms with Gasteiger partial charge in [0, 0.05) is 0 Å². The number of hydrogen-bond donors (Lipinski definition) is 3. The molecule has 7 nitrogen and oxygen atoms in total. The van der Waals surface area contributed by atoms with E-state index in [-0.39, 0.29) is 22.4 Å². The van der Waals surface area contributed by atoms with Gasteiger partial charge in [-0.05, 0) is 57.2 Å². The van der Waals surface area contributed by atoms with E-state index in [1.165, 1.54) is 12.1 Å². The van der Waals surface area contributed by atoms with Gasteiger partial charge in [-0.15, -0.1) is 0 Å². The number of aromatic nitrogens is 2. The third-order valence-electron chi connectivity index (χ3n) is 3.57. The van der Waals surface area contributed by atoms with Gasteiger partial charge in [0.2, 0.25) is 5.69 Å². The third kappa shape index (κ3) is 6.93. The number of amides is 1. The zero-order chi connectivity index (χ0) is 24.3. The van der Waals surface area contributed by atoms with Crippen LogP contribution in [0.15, 0.2) is 41.2 Å². The maximum Gasteiger partial charge on any atom is 0.438 e. The van der Waals surface area contributed by atoms with Crippen molar-refractivity contribution < 1.29 is 31.5 Å². The summed E-state index contributed by atoms with van der Waals surface area (Å²) in [6.07, 6.45) is -5.49. The summed E-state index contributed by atoms with van der Waals surface area (Å²) in [5, 5.41) is 2.38. The number of rotatable bonds is 1. The fourth-order valence-corrected chi connectivity index (χ4v) is 2.30. The molecular formula is C20H19F5N4O3. The summed E-state index contributed by atoms with van der Waals surface area (Å²) in [5.41, 5.74) is 2.34. The molecule has 0 saturated carbocycles. The van der Waals surface area contributed by atoms with Crippen molar-refractivity contribution in [2.45, 2.75) is 32.5 Å². The number of anilines is 2. The van der Waals surface area contributed by atoms with E-state index >= 15 is 0 Å². The SMILES string of the molecule is CC(C)(C)OC(=O)Nc1cc(F)ccc1N.O=c1[nH]c2cc(F)ccc2nc1C(F)(F)F. The molecule has 0 fully saturated rings. The summed E-state index contributed by atoms with van der Waals surface area (Å²) in [7, 11) is 0. The second-order valence-corrected chi connectivity index (χ2v) is 7.43. The smallest absolute Gasteiger partial charge is 0.438 e. The summed E-state index contributed by atoms with van der Waals surface area (Å²) in [5.74, 6) is -1.13. The lowest BCUT2D eigenvalue weighted by Crippen LogP contribution is -2.27. The lowest BCUT2D eigenvalue weighted by Gasteiger charge is -2.20. The number of hydrogen-bond acceptors (Lipinski definition) is 5. The molecule has 0 spiro atoms. The average molecular weight is 458 g/mol. The molecular weight excluding hydrogens is 439 g/mol. The van der Waals surface area contributed by atoms with Crippen LogP contribution in [0.1, 0.15) is 26.5 Å². The van der Waals surface area contributed by atoms with Gasteiger partial charge in [0.1, 0.15) is 17.2 Å². The first-order valence-electron chi connectivity index (χ1n) is 8.97. The lowest BCUT2D eigenvalue weighted by molar-refractivity contribution is -0.142. The first kappa shape index (κ1) is 24.6. The highest BCUT2D eigenvalue weighted by atomic mass is 19.4. The Hall–Kier alpha value is -3.70. The number of carbonyl (C=O) groups is 1. The van der Waals surface area contributed by atoms with Gasteiger partial charge >= 0.3 is 12.3 Å². The molecule has 0 radical (unpaired) electrons. The highest BCUT2D eigenvalue weighted by molar-refractivity contribution is 5.89. The van der Waals surface area contributed by atoms with Crippen molar-refractivity contribution in [2.75, 3.05) is 11.1 Å². The summed E-state index contributed by atoms with van der Waals surface area (Å²) >= 11 is 0. The van der Waals surface area contributed by atoms with Crippen molar-refractivity contribution >= 4 is 28.5 Å². The lowest BCUT2D eigenvalue weighted by atomic mass is 10.2.